The van der Waals surface area contributed by atoms with Gasteiger partial charge in [-0.2, -0.15) is 0 Å². The molecular weight excluding hydrogens is 279 g/mol. The van der Waals surface area contributed by atoms with E-state index in [1.54, 1.807) is 5.56 Å². The Labute approximate surface area is 129 Å². The molecule has 1 aliphatic heterocycles. The fourth-order valence-corrected chi connectivity index (χ4v) is 2.66. The molecule has 0 aromatic heterocycles. The van der Waals surface area contributed by atoms with Gasteiger partial charge in [0.2, 0.25) is 0 Å². The maximum absolute atomic E-state index is 3.44. The van der Waals surface area contributed by atoms with Crippen LogP contribution in [-0.4, -0.2) is 26.7 Å². The summed E-state index contributed by atoms with van der Waals surface area (Å²) in [4.78, 5) is 0. The summed E-state index contributed by atoms with van der Waals surface area (Å²) in [7, 11) is 2.02. The Balaban J connectivity index is 0.00000162. The molecule has 1 aromatic rings. The number of hydrogen-bond acceptors (Lipinski definition) is 2. The van der Waals surface area contributed by atoms with E-state index >= 15 is 0 Å². The Morgan fingerprint density at radius 2 is 1.74 bits per heavy atom. The average molecular weight is 305 g/mol. The van der Waals surface area contributed by atoms with Crippen molar-refractivity contribution in [3.63, 3.8) is 0 Å². The molecule has 0 amide bonds. The van der Waals surface area contributed by atoms with Gasteiger partial charge in [0.15, 0.2) is 0 Å². The van der Waals surface area contributed by atoms with Crippen LogP contribution < -0.4 is 10.6 Å². The summed E-state index contributed by atoms with van der Waals surface area (Å²) in [5, 5.41) is 6.68. The van der Waals surface area contributed by atoms with Crippen LogP contribution in [0.15, 0.2) is 24.3 Å². The predicted octanol–water partition coefficient (Wildman–Crippen LogP) is 2.83. The van der Waals surface area contributed by atoms with Crippen LogP contribution in [0.2, 0.25) is 0 Å². The van der Waals surface area contributed by atoms with Crippen molar-refractivity contribution in [1.82, 2.24) is 10.6 Å². The Morgan fingerprint density at radius 3 is 2.37 bits per heavy atom. The van der Waals surface area contributed by atoms with Gasteiger partial charge in [-0.25, -0.2) is 0 Å². The van der Waals surface area contributed by atoms with Gasteiger partial charge in [-0.15, -0.1) is 24.8 Å². The fraction of sp³-hybridized carbons (Fsp3) is 0.600. The quantitative estimate of drug-likeness (QED) is 0.874. The number of halogens is 2. The molecule has 0 unspecified atom stereocenters. The molecular formula is C15H26Cl2N2. The van der Waals surface area contributed by atoms with E-state index in [1.807, 2.05) is 7.05 Å². The van der Waals surface area contributed by atoms with Crippen LogP contribution in [0.25, 0.3) is 0 Å². The second kappa shape index (κ2) is 10.5. The summed E-state index contributed by atoms with van der Waals surface area (Å²) >= 11 is 0. The van der Waals surface area contributed by atoms with Crippen LogP contribution >= 0.6 is 24.8 Å². The van der Waals surface area contributed by atoms with Gasteiger partial charge in [0.25, 0.3) is 0 Å². The smallest absolute Gasteiger partial charge is 0.00113 e. The Hall–Kier alpha value is -0.280. The summed E-state index contributed by atoms with van der Waals surface area (Å²) in [6, 6.07) is 8.94. The monoisotopic (exact) mass is 304 g/mol. The lowest BCUT2D eigenvalue weighted by molar-refractivity contribution is 0.372. The van der Waals surface area contributed by atoms with Gasteiger partial charge in [0, 0.05) is 0 Å². The van der Waals surface area contributed by atoms with Gasteiger partial charge in [0.1, 0.15) is 0 Å². The van der Waals surface area contributed by atoms with Gasteiger partial charge < -0.3 is 10.6 Å². The van der Waals surface area contributed by atoms with Crippen molar-refractivity contribution in [2.75, 3.05) is 26.7 Å². The molecule has 110 valence electrons. The summed E-state index contributed by atoms with van der Waals surface area (Å²) in [5.41, 5.74) is 3.09. The van der Waals surface area contributed by atoms with Crippen LogP contribution in [0, 0.1) is 5.92 Å². The van der Waals surface area contributed by atoms with E-state index in [9.17, 15) is 0 Å². The molecule has 1 aliphatic rings. The second-order valence-corrected chi connectivity index (χ2v) is 5.02. The first kappa shape index (κ1) is 18.7. The minimum atomic E-state index is 0. The molecule has 2 N–H and O–H groups in total. The van der Waals surface area contributed by atoms with Gasteiger partial charge in [-0.1, -0.05) is 24.3 Å². The maximum atomic E-state index is 3.44. The highest BCUT2D eigenvalue weighted by molar-refractivity contribution is 5.85. The third-order valence-electron chi connectivity index (χ3n) is 3.73. The molecule has 0 aliphatic carbocycles. The van der Waals surface area contributed by atoms with Crippen LogP contribution in [0.3, 0.4) is 0 Å². The molecule has 1 fully saturated rings. The molecule has 0 atom stereocenters. The maximum Gasteiger partial charge on any atom is -0.00113 e. The third-order valence-corrected chi connectivity index (χ3v) is 3.73. The molecule has 0 bridgehead atoms. The highest BCUT2D eigenvalue weighted by atomic mass is 35.5. The second-order valence-electron chi connectivity index (χ2n) is 5.02. The van der Waals surface area contributed by atoms with E-state index in [0.717, 1.165) is 18.9 Å². The normalized spacial score (nSPS) is 15.4. The number of hydrogen-bond donors (Lipinski definition) is 2. The lowest BCUT2D eigenvalue weighted by Crippen LogP contribution is -2.28. The minimum absolute atomic E-state index is 0. The molecule has 1 aromatic carbocycles. The zero-order valence-electron chi connectivity index (χ0n) is 11.7. The fourth-order valence-electron chi connectivity index (χ4n) is 2.66. The average Bonchev–Trinajstić information content (AvgIpc) is 2.39. The van der Waals surface area contributed by atoms with Crippen molar-refractivity contribution in [2.24, 2.45) is 5.92 Å². The Kier molecular flexibility index (Phi) is 10.3. The first-order valence-corrected chi connectivity index (χ1v) is 6.82. The van der Waals surface area contributed by atoms with Gasteiger partial charge in [-0.3, -0.25) is 0 Å². The largest absolute Gasteiger partial charge is 0.319 e. The first-order valence-electron chi connectivity index (χ1n) is 6.82. The zero-order valence-corrected chi connectivity index (χ0v) is 13.3. The van der Waals surface area contributed by atoms with E-state index in [1.165, 1.54) is 37.9 Å². The summed E-state index contributed by atoms with van der Waals surface area (Å²) in [6.07, 6.45) is 5.08. The molecule has 4 heteroatoms. The number of nitrogens with one attached hydrogen (secondary N) is 2. The van der Waals surface area contributed by atoms with Crippen molar-refractivity contribution in [1.29, 1.82) is 0 Å². The number of rotatable bonds is 5. The highest BCUT2D eigenvalue weighted by Crippen LogP contribution is 2.20. The number of likely N-dealkylation sites (N-methyl/N-ethyl adjacent to an activating group) is 1. The van der Waals surface area contributed by atoms with Gasteiger partial charge in [0.05, 0.1) is 0 Å². The third kappa shape index (κ3) is 6.13. The van der Waals surface area contributed by atoms with Gasteiger partial charge in [-0.05, 0) is 69.4 Å². The van der Waals surface area contributed by atoms with E-state index in [4.69, 9.17) is 0 Å². The van der Waals surface area contributed by atoms with Crippen molar-refractivity contribution in [2.45, 2.75) is 25.7 Å². The number of benzene rings is 1. The molecule has 0 radical (unpaired) electrons. The first-order chi connectivity index (χ1) is 8.40. The Bertz CT molecular complexity index is 339. The molecule has 0 spiro atoms. The SMILES string of the molecule is CNCCc1ccccc1CC1CCNCC1.Cl.Cl. The minimum Gasteiger partial charge on any atom is -0.319 e. The van der Waals surface area contributed by atoms with Crippen LogP contribution in [0.1, 0.15) is 24.0 Å². The van der Waals surface area contributed by atoms with Gasteiger partial charge >= 0.3 is 0 Å². The zero-order chi connectivity index (χ0) is 11.9. The summed E-state index contributed by atoms with van der Waals surface area (Å²) in [5.74, 6) is 0.881. The van der Waals surface area contributed by atoms with E-state index in [0.29, 0.717) is 0 Å². The predicted molar refractivity (Wildman–Crippen MR) is 87.9 cm³/mol. The van der Waals surface area contributed by atoms with Crippen molar-refractivity contribution in [3.8, 4) is 0 Å². The van der Waals surface area contributed by atoms with Crippen LogP contribution in [0.4, 0.5) is 0 Å². The summed E-state index contributed by atoms with van der Waals surface area (Å²) < 4.78 is 0. The highest BCUT2D eigenvalue weighted by Gasteiger charge is 2.14. The van der Waals surface area contributed by atoms with E-state index < -0.39 is 0 Å². The topological polar surface area (TPSA) is 24.1 Å². The lowest BCUT2D eigenvalue weighted by Gasteiger charge is -2.23. The molecule has 19 heavy (non-hydrogen) atoms. The van der Waals surface area contributed by atoms with Crippen molar-refractivity contribution >= 4 is 24.8 Å². The van der Waals surface area contributed by atoms with E-state index in [2.05, 4.69) is 34.9 Å². The molecule has 1 saturated heterocycles. The molecule has 2 nitrogen and oxygen atoms in total. The molecule has 1 heterocycles. The molecule has 2 rings (SSSR count). The van der Waals surface area contributed by atoms with Crippen molar-refractivity contribution in [3.05, 3.63) is 35.4 Å². The summed E-state index contributed by atoms with van der Waals surface area (Å²) in [6.45, 7) is 3.47. The van der Waals surface area contributed by atoms with Crippen LogP contribution in [-0.2, 0) is 12.8 Å². The standard InChI is InChI=1S/C15H24N2.2ClH/c1-16-9-8-14-4-2-3-5-15(14)12-13-6-10-17-11-7-13;;/h2-5,13,16-17H,6-12H2,1H3;2*1H. The van der Waals surface area contributed by atoms with Crippen LogP contribution in [0.5, 0.6) is 0 Å². The Morgan fingerprint density at radius 1 is 1.11 bits per heavy atom. The van der Waals surface area contributed by atoms with E-state index in [-0.39, 0.29) is 24.8 Å². The van der Waals surface area contributed by atoms with Crippen molar-refractivity contribution < 1.29 is 0 Å². The number of piperidine rings is 1. The molecule has 0 saturated carbocycles. The lowest BCUT2D eigenvalue weighted by atomic mass is 9.88.